The Kier molecular flexibility index (Phi) is 6.31. The maximum atomic E-state index is 11.5. The standard InChI is InChI=1S/C12H14BrNO5/c1-18-12(17)10(6-15)14-11(16)7-19-9-4-2-3-8(13)5-9/h2-5,10,15H,6-7H2,1H3,(H,14,16)/t10-/m1/s1. The van der Waals surface area contributed by atoms with Gasteiger partial charge in [0.25, 0.3) is 5.91 Å². The average Bonchev–Trinajstić information content (AvgIpc) is 2.41. The van der Waals surface area contributed by atoms with Crippen LogP contribution < -0.4 is 10.1 Å². The summed E-state index contributed by atoms with van der Waals surface area (Å²) < 4.78 is 10.5. The molecule has 0 aliphatic heterocycles. The maximum Gasteiger partial charge on any atom is 0.330 e. The molecule has 1 atom stereocenters. The number of carbonyl (C=O) groups is 2. The van der Waals surface area contributed by atoms with E-state index in [4.69, 9.17) is 9.84 Å². The van der Waals surface area contributed by atoms with Crippen LogP contribution in [0.5, 0.6) is 5.75 Å². The smallest absolute Gasteiger partial charge is 0.330 e. The first-order valence-corrected chi connectivity index (χ1v) is 6.22. The second-order valence-electron chi connectivity index (χ2n) is 3.57. The van der Waals surface area contributed by atoms with Crippen LogP contribution in [0.15, 0.2) is 28.7 Å². The predicted octanol–water partition coefficient (Wildman–Crippen LogP) is 0.478. The van der Waals surface area contributed by atoms with Gasteiger partial charge in [0.1, 0.15) is 5.75 Å². The largest absolute Gasteiger partial charge is 0.484 e. The zero-order valence-electron chi connectivity index (χ0n) is 10.3. The molecule has 2 N–H and O–H groups in total. The van der Waals surface area contributed by atoms with Gasteiger partial charge >= 0.3 is 5.97 Å². The monoisotopic (exact) mass is 331 g/mol. The Balaban J connectivity index is 2.45. The summed E-state index contributed by atoms with van der Waals surface area (Å²) in [7, 11) is 1.18. The maximum absolute atomic E-state index is 11.5. The van der Waals surface area contributed by atoms with Crippen LogP contribution in [0, 0.1) is 0 Å². The summed E-state index contributed by atoms with van der Waals surface area (Å²) in [6.45, 7) is -0.792. The Morgan fingerprint density at radius 3 is 2.79 bits per heavy atom. The average molecular weight is 332 g/mol. The van der Waals surface area contributed by atoms with Gasteiger partial charge in [-0.2, -0.15) is 0 Å². The molecule has 1 aromatic rings. The SMILES string of the molecule is COC(=O)[C@@H](CO)NC(=O)COc1cccc(Br)c1. The summed E-state index contributed by atoms with van der Waals surface area (Å²) in [6, 6.07) is 5.91. The number of carbonyl (C=O) groups excluding carboxylic acids is 2. The third kappa shape index (κ3) is 5.27. The van der Waals surface area contributed by atoms with Gasteiger partial charge in [-0.05, 0) is 18.2 Å². The molecule has 0 aliphatic rings. The highest BCUT2D eigenvalue weighted by Crippen LogP contribution is 2.17. The van der Waals surface area contributed by atoms with Crippen molar-refractivity contribution in [2.45, 2.75) is 6.04 Å². The summed E-state index contributed by atoms with van der Waals surface area (Å²) in [5.74, 6) is -0.717. The molecule has 1 amide bonds. The predicted molar refractivity (Wildman–Crippen MR) is 70.7 cm³/mol. The Morgan fingerprint density at radius 1 is 1.47 bits per heavy atom. The van der Waals surface area contributed by atoms with Crippen molar-refractivity contribution < 1.29 is 24.2 Å². The lowest BCUT2D eigenvalue weighted by Gasteiger charge is -2.14. The van der Waals surface area contributed by atoms with E-state index >= 15 is 0 Å². The zero-order valence-corrected chi connectivity index (χ0v) is 11.8. The molecule has 0 saturated carbocycles. The molecular formula is C12H14BrNO5. The van der Waals surface area contributed by atoms with Crippen molar-refractivity contribution in [1.29, 1.82) is 0 Å². The number of nitrogens with one attached hydrogen (secondary N) is 1. The first-order valence-electron chi connectivity index (χ1n) is 5.43. The lowest BCUT2D eigenvalue weighted by molar-refractivity contribution is -0.146. The number of aliphatic hydroxyl groups is 1. The number of ether oxygens (including phenoxy) is 2. The number of halogens is 1. The summed E-state index contributed by atoms with van der Waals surface area (Å²) in [5.41, 5.74) is 0. The van der Waals surface area contributed by atoms with Gasteiger partial charge in [0.15, 0.2) is 12.6 Å². The Labute approximate surface area is 118 Å². The number of hydrogen-bond donors (Lipinski definition) is 2. The lowest BCUT2D eigenvalue weighted by Crippen LogP contribution is -2.45. The molecule has 0 heterocycles. The van der Waals surface area contributed by atoms with E-state index in [9.17, 15) is 9.59 Å². The van der Waals surface area contributed by atoms with Gasteiger partial charge in [-0.3, -0.25) is 4.79 Å². The number of hydrogen-bond acceptors (Lipinski definition) is 5. The second-order valence-corrected chi connectivity index (χ2v) is 4.49. The minimum Gasteiger partial charge on any atom is -0.484 e. The number of amides is 1. The zero-order chi connectivity index (χ0) is 14.3. The molecule has 19 heavy (non-hydrogen) atoms. The Bertz CT molecular complexity index is 452. The molecule has 0 saturated heterocycles. The van der Waals surface area contributed by atoms with Gasteiger partial charge in [-0.25, -0.2) is 4.79 Å². The van der Waals surface area contributed by atoms with Crippen LogP contribution in [0.1, 0.15) is 0 Å². The minimum absolute atomic E-state index is 0.260. The van der Waals surface area contributed by atoms with E-state index < -0.39 is 24.5 Å². The van der Waals surface area contributed by atoms with Crippen LogP contribution in [0.25, 0.3) is 0 Å². The third-order valence-electron chi connectivity index (χ3n) is 2.17. The van der Waals surface area contributed by atoms with Gasteiger partial charge in [0.05, 0.1) is 13.7 Å². The molecule has 0 aromatic heterocycles. The molecule has 1 rings (SSSR count). The van der Waals surface area contributed by atoms with Gasteiger partial charge in [0, 0.05) is 4.47 Å². The summed E-state index contributed by atoms with van der Waals surface area (Å²) in [6.07, 6.45) is 0. The van der Waals surface area contributed by atoms with Crippen molar-refractivity contribution in [3.63, 3.8) is 0 Å². The summed E-state index contributed by atoms with van der Waals surface area (Å²) in [5, 5.41) is 11.2. The van der Waals surface area contributed by atoms with Crippen molar-refractivity contribution >= 4 is 27.8 Å². The molecule has 1 aromatic carbocycles. The fourth-order valence-electron chi connectivity index (χ4n) is 1.26. The molecular weight excluding hydrogens is 318 g/mol. The summed E-state index contributed by atoms with van der Waals surface area (Å²) in [4.78, 5) is 22.7. The molecule has 7 heteroatoms. The number of aliphatic hydroxyl groups excluding tert-OH is 1. The first kappa shape index (κ1) is 15.5. The van der Waals surface area contributed by atoms with Gasteiger partial charge in [-0.1, -0.05) is 22.0 Å². The highest BCUT2D eigenvalue weighted by Gasteiger charge is 2.20. The van der Waals surface area contributed by atoms with E-state index in [-0.39, 0.29) is 6.61 Å². The topological polar surface area (TPSA) is 84.9 Å². The molecule has 0 unspecified atom stereocenters. The molecule has 104 valence electrons. The molecule has 0 spiro atoms. The van der Waals surface area contributed by atoms with Crippen molar-refractivity contribution in [1.82, 2.24) is 5.32 Å². The number of methoxy groups -OCH3 is 1. The normalized spacial score (nSPS) is 11.5. The van der Waals surface area contributed by atoms with E-state index in [0.29, 0.717) is 5.75 Å². The van der Waals surface area contributed by atoms with E-state index in [1.807, 2.05) is 6.07 Å². The van der Waals surface area contributed by atoms with Crippen LogP contribution >= 0.6 is 15.9 Å². The van der Waals surface area contributed by atoms with Gasteiger partial charge in [0.2, 0.25) is 0 Å². The van der Waals surface area contributed by atoms with Crippen LogP contribution in [-0.2, 0) is 14.3 Å². The lowest BCUT2D eigenvalue weighted by atomic mass is 10.3. The van der Waals surface area contributed by atoms with Crippen molar-refractivity contribution in [2.75, 3.05) is 20.3 Å². The van der Waals surface area contributed by atoms with Crippen LogP contribution in [0.2, 0.25) is 0 Å². The highest BCUT2D eigenvalue weighted by molar-refractivity contribution is 9.10. The van der Waals surface area contributed by atoms with Crippen LogP contribution in [0.4, 0.5) is 0 Å². The molecule has 0 fully saturated rings. The molecule has 0 bridgehead atoms. The van der Waals surface area contributed by atoms with Gasteiger partial charge in [-0.15, -0.1) is 0 Å². The van der Waals surface area contributed by atoms with Crippen LogP contribution in [-0.4, -0.2) is 43.3 Å². The second kappa shape index (κ2) is 7.75. The van der Waals surface area contributed by atoms with Crippen molar-refractivity contribution in [3.8, 4) is 5.75 Å². The summed E-state index contributed by atoms with van der Waals surface area (Å²) >= 11 is 3.27. The fraction of sp³-hybridized carbons (Fsp3) is 0.333. The van der Waals surface area contributed by atoms with E-state index in [0.717, 1.165) is 4.47 Å². The number of benzene rings is 1. The van der Waals surface area contributed by atoms with E-state index in [1.54, 1.807) is 18.2 Å². The highest BCUT2D eigenvalue weighted by atomic mass is 79.9. The fourth-order valence-corrected chi connectivity index (χ4v) is 1.64. The first-order chi connectivity index (χ1) is 9.06. The molecule has 6 nitrogen and oxygen atoms in total. The van der Waals surface area contributed by atoms with E-state index in [1.165, 1.54) is 7.11 Å². The molecule has 0 aliphatic carbocycles. The van der Waals surface area contributed by atoms with Crippen molar-refractivity contribution in [3.05, 3.63) is 28.7 Å². The number of rotatable bonds is 6. The Hall–Kier alpha value is -1.60. The third-order valence-corrected chi connectivity index (χ3v) is 2.66. The van der Waals surface area contributed by atoms with Crippen LogP contribution in [0.3, 0.4) is 0 Å². The van der Waals surface area contributed by atoms with E-state index in [2.05, 4.69) is 26.0 Å². The minimum atomic E-state index is -1.08. The quantitative estimate of drug-likeness (QED) is 0.740. The van der Waals surface area contributed by atoms with Gasteiger partial charge < -0.3 is 19.9 Å². The van der Waals surface area contributed by atoms with Crippen molar-refractivity contribution in [2.24, 2.45) is 0 Å². The molecule has 0 radical (unpaired) electrons. The number of esters is 1. The Morgan fingerprint density at radius 2 is 2.21 bits per heavy atom.